The summed E-state index contributed by atoms with van der Waals surface area (Å²) in [5.74, 6) is -0.319. The minimum absolute atomic E-state index is 0.0696. The van der Waals surface area contributed by atoms with Crippen LogP contribution in [0.15, 0.2) is 48.8 Å². The number of hydrogen-bond acceptors (Lipinski definition) is 3. The van der Waals surface area contributed by atoms with Crippen molar-refractivity contribution in [3.8, 4) is 0 Å². The molecular formula is C19H18N4O2. The molecule has 1 aliphatic heterocycles. The monoisotopic (exact) mass is 334 g/mol. The van der Waals surface area contributed by atoms with E-state index >= 15 is 0 Å². The Kier molecular flexibility index (Phi) is 3.72. The number of carbonyl (C=O) groups is 2. The third-order valence-electron chi connectivity index (χ3n) is 4.54. The maximum atomic E-state index is 12.6. The number of benzene rings is 2. The molecule has 1 aliphatic rings. The van der Waals surface area contributed by atoms with E-state index in [0.717, 1.165) is 22.3 Å². The van der Waals surface area contributed by atoms with Crippen LogP contribution in [-0.4, -0.2) is 34.4 Å². The molecule has 2 N–H and O–H groups in total. The van der Waals surface area contributed by atoms with Crippen LogP contribution in [0, 0.1) is 6.92 Å². The number of aromatic amines is 1. The summed E-state index contributed by atoms with van der Waals surface area (Å²) in [6, 6.07) is 12.6. The zero-order valence-corrected chi connectivity index (χ0v) is 13.8. The summed E-state index contributed by atoms with van der Waals surface area (Å²) in [5, 5.41) is 2.85. The summed E-state index contributed by atoms with van der Waals surface area (Å²) >= 11 is 0. The second-order valence-electron chi connectivity index (χ2n) is 6.27. The van der Waals surface area contributed by atoms with Gasteiger partial charge in [-0.3, -0.25) is 9.59 Å². The van der Waals surface area contributed by atoms with Crippen LogP contribution in [0.5, 0.6) is 0 Å². The molecule has 1 atom stereocenters. The minimum Gasteiger partial charge on any atom is -0.345 e. The van der Waals surface area contributed by atoms with Crippen LogP contribution in [0.1, 0.15) is 22.3 Å². The third kappa shape index (κ3) is 2.87. The maximum absolute atomic E-state index is 12.6. The first-order chi connectivity index (χ1) is 12.1. The first kappa shape index (κ1) is 15.4. The van der Waals surface area contributed by atoms with E-state index in [2.05, 4.69) is 15.3 Å². The van der Waals surface area contributed by atoms with Crippen LogP contribution < -0.4 is 10.2 Å². The van der Waals surface area contributed by atoms with Crippen LogP contribution in [0.2, 0.25) is 0 Å². The molecular weight excluding hydrogens is 316 g/mol. The van der Waals surface area contributed by atoms with E-state index in [9.17, 15) is 9.59 Å². The molecule has 0 saturated carbocycles. The SMILES string of the molecule is Cc1ccc(N2CC[C@H](NC(=O)c3ccc4nc[nH]c4c3)C2=O)cc1. The highest BCUT2D eigenvalue weighted by atomic mass is 16.2. The van der Waals surface area contributed by atoms with Gasteiger partial charge in [-0.25, -0.2) is 4.98 Å². The highest BCUT2D eigenvalue weighted by molar-refractivity contribution is 6.04. The standard InChI is InChI=1S/C19H18N4O2/c1-12-2-5-14(6-3-12)23-9-8-16(19(23)25)22-18(24)13-4-7-15-17(10-13)21-11-20-15/h2-7,10-11,16H,8-9H2,1H3,(H,20,21)(H,22,24)/t16-/m0/s1. The molecule has 0 spiro atoms. The number of H-pyrrole nitrogens is 1. The molecule has 6 nitrogen and oxygen atoms in total. The predicted octanol–water partition coefficient (Wildman–Crippen LogP) is 2.41. The molecule has 1 fully saturated rings. The second kappa shape index (κ2) is 6.05. The Morgan fingerprint density at radius 2 is 2.04 bits per heavy atom. The van der Waals surface area contributed by atoms with Gasteiger partial charge < -0.3 is 15.2 Å². The molecule has 25 heavy (non-hydrogen) atoms. The van der Waals surface area contributed by atoms with Gasteiger partial charge in [0, 0.05) is 17.8 Å². The quantitative estimate of drug-likeness (QED) is 0.772. The average Bonchev–Trinajstić information content (AvgIpc) is 3.22. The van der Waals surface area contributed by atoms with Crippen molar-refractivity contribution in [2.75, 3.05) is 11.4 Å². The molecule has 2 aromatic carbocycles. The van der Waals surface area contributed by atoms with Gasteiger partial charge in [0.2, 0.25) is 5.91 Å². The smallest absolute Gasteiger partial charge is 0.252 e. The molecule has 0 radical (unpaired) electrons. The van der Waals surface area contributed by atoms with Crippen molar-refractivity contribution in [3.05, 3.63) is 59.9 Å². The average molecular weight is 334 g/mol. The summed E-state index contributed by atoms with van der Waals surface area (Å²) in [5.41, 5.74) is 4.13. The lowest BCUT2D eigenvalue weighted by Gasteiger charge is -2.17. The van der Waals surface area contributed by atoms with E-state index in [1.54, 1.807) is 29.4 Å². The van der Waals surface area contributed by atoms with E-state index in [1.165, 1.54) is 0 Å². The molecule has 6 heteroatoms. The van der Waals surface area contributed by atoms with Gasteiger partial charge in [-0.1, -0.05) is 17.7 Å². The number of nitrogens with one attached hydrogen (secondary N) is 2. The fourth-order valence-electron chi connectivity index (χ4n) is 3.11. The zero-order valence-electron chi connectivity index (χ0n) is 13.8. The molecule has 2 amide bonds. The number of imidazole rings is 1. The van der Waals surface area contributed by atoms with Gasteiger partial charge in [0.05, 0.1) is 17.4 Å². The van der Waals surface area contributed by atoms with Crippen molar-refractivity contribution in [2.24, 2.45) is 0 Å². The maximum Gasteiger partial charge on any atom is 0.252 e. The minimum atomic E-state index is -0.494. The summed E-state index contributed by atoms with van der Waals surface area (Å²) in [7, 11) is 0. The largest absolute Gasteiger partial charge is 0.345 e. The van der Waals surface area contributed by atoms with E-state index in [-0.39, 0.29) is 11.8 Å². The van der Waals surface area contributed by atoms with Crippen molar-refractivity contribution in [1.29, 1.82) is 0 Å². The van der Waals surface area contributed by atoms with Crippen LogP contribution in [0.25, 0.3) is 11.0 Å². The lowest BCUT2D eigenvalue weighted by molar-refractivity contribution is -0.118. The van der Waals surface area contributed by atoms with Crippen molar-refractivity contribution < 1.29 is 9.59 Å². The highest BCUT2D eigenvalue weighted by Crippen LogP contribution is 2.22. The fraction of sp³-hybridized carbons (Fsp3) is 0.211. The molecule has 1 saturated heterocycles. The summed E-state index contributed by atoms with van der Waals surface area (Å²) in [4.78, 5) is 34.0. The molecule has 126 valence electrons. The number of anilines is 1. The summed E-state index contributed by atoms with van der Waals surface area (Å²) in [6.07, 6.45) is 2.19. The number of amides is 2. The molecule has 0 bridgehead atoms. The number of nitrogens with zero attached hydrogens (tertiary/aromatic N) is 2. The van der Waals surface area contributed by atoms with Gasteiger partial charge in [-0.05, 0) is 43.7 Å². The molecule has 1 aromatic heterocycles. The predicted molar refractivity (Wildman–Crippen MR) is 95.5 cm³/mol. The van der Waals surface area contributed by atoms with Gasteiger partial charge >= 0.3 is 0 Å². The van der Waals surface area contributed by atoms with E-state index in [4.69, 9.17) is 0 Å². The number of hydrogen-bond donors (Lipinski definition) is 2. The summed E-state index contributed by atoms with van der Waals surface area (Å²) < 4.78 is 0. The third-order valence-corrected chi connectivity index (χ3v) is 4.54. The highest BCUT2D eigenvalue weighted by Gasteiger charge is 2.33. The van der Waals surface area contributed by atoms with Crippen LogP contribution in [-0.2, 0) is 4.79 Å². The molecule has 0 unspecified atom stereocenters. The Bertz CT molecular complexity index is 945. The lowest BCUT2D eigenvalue weighted by Crippen LogP contribution is -2.41. The molecule has 3 aromatic rings. The Morgan fingerprint density at radius 1 is 1.24 bits per heavy atom. The van der Waals surface area contributed by atoms with E-state index < -0.39 is 6.04 Å². The normalized spacial score (nSPS) is 17.2. The fourth-order valence-corrected chi connectivity index (χ4v) is 3.11. The van der Waals surface area contributed by atoms with E-state index in [0.29, 0.717) is 18.5 Å². The van der Waals surface area contributed by atoms with Gasteiger partial charge in [0.1, 0.15) is 6.04 Å². The van der Waals surface area contributed by atoms with Gasteiger partial charge in [-0.15, -0.1) is 0 Å². The Labute approximate surface area is 144 Å². The van der Waals surface area contributed by atoms with Crippen LogP contribution in [0.3, 0.4) is 0 Å². The molecule has 0 aliphatic carbocycles. The lowest BCUT2D eigenvalue weighted by atomic mass is 10.1. The Morgan fingerprint density at radius 3 is 2.84 bits per heavy atom. The first-order valence-corrected chi connectivity index (χ1v) is 8.24. The molecule has 4 rings (SSSR count). The number of rotatable bonds is 3. The van der Waals surface area contributed by atoms with E-state index in [1.807, 2.05) is 31.2 Å². The summed E-state index contributed by atoms with van der Waals surface area (Å²) in [6.45, 7) is 2.61. The Hall–Kier alpha value is -3.15. The van der Waals surface area contributed by atoms with Crippen molar-refractivity contribution in [3.63, 3.8) is 0 Å². The second-order valence-corrected chi connectivity index (χ2v) is 6.27. The zero-order chi connectivity index (χ0) is 17.4. The molecule has 2 heterocycles. The van der Waals surface area contributed by atoms with Gasteiger partial charge in [0.15, 0.2) is 0 Å². The van der Waals surface area contributed by atoms with Crippen LogP contribution >= 0.6 is 0 Å². The number of fused-ring (bicyclic) bond motifs is 1. The van der Waals surface area contributed by atoms with Crippen LogP contribution in [0.4, 0.5) is 5.69 Å². The van der Waals surface area contributed by atoms with Crippen molar-refractivity contribution in [1.82, 2.24) is 15.3 Å². The number of carbonyl (C=O) groups excluding carboxylic acids is 2. The van der Waals surface area contributed by atoms with Crippen molar-refractivity contribution in [2.45, 2.75) is 19.4 Å². The van der Waals surface area contributed by atoms with Gasteiger partial charge in [0.25, 0.3) is 5.91 Å². The topological polar surface area (TPSA) is 78.1 Å². The van der Waals surface area contributed by atoms with Crippen molar-refractivity contribution >= 4 is 28.5 Å². The van der Waals surface area contributed by atoms with Gasteiger partial charge in [-0.2, -0.15) is 0 Å². The number of aromatic nitrogens is 2. The first-order valence-electron chi connectivity index (χ1n) is 8.24. The Balaban J connectivity index is 1.48. The number of aryl methyl sites for hydroxylation is 1.